The summed E-state index contributed by atoms with van der Waals surface area (Å²) in [6, 6.07) is 0. The molecule has 0 bridgehead atoms. The molecule has 1 fully saturated rings. The Morgan fingerprint density at radius 1 is 1.27 bits per heavy atom. The van der Waals surface area contributed by atoms with Crippen LogP contribution in [-0.4, -0.2) is 26.4 Å². The van der Waals surface area contributed by atoms with Crippen LogP contribution in [0.4, 0.5) is 4.39 Å². The number of rotatable bonds is 1. The molecule has 0 unspecified atom stereocenters. The Balaban J connectivity index is 0.000000561. The minimum Gasteiger partial charge on any atom is -0.300 e. The second kappa shape index (κ2) is 8.88. The van der Waals surface area contributed by atoms with E-state index in [1.807, 2.05) is 13.8 Å². The van der Waals surface area contributed by atoms with Gasteiger partial charge in [0.25, 0.3) is 0 Å². The van der Waals surface area contributed by atoms with E-state index in [-0.39, 0.29) is 5.92 Å². The third-order valence-electron chi connectivity index (χ3n) is 3.62. The fraction of sp³-hybridized carbons (Fsp3) is 0.562. The maximum absolute atomic E-state index is 13.7. The number of nitrogens with zero attached hydrogens (tertiary/aromatic N) is 3. The SMILES string of the molecule is CC.CS.Cc1nc(C2CCC(=O)CC2)n2ccnc(F)c12. The average Bonchev–Trinajstić information content (AvgIpc) is 2.90. The number of Topliss-reactive ketones (excluding diaryl/α,β-unsaturated/α-hetero) is 1. The number of halogens is 1. The van der Waals surface area contributed by atoms with E-state index in [9.17, 15) is 9.18 Å². The Labute approximate surface area is 136 Å². The molecule has 0 radical (unpaired) electrons. The summed E-state index contributed by atoms with van der Waals surface area (Å²) in [6.07, 6.45) is 7.70. The minimum absolute atomic E-state index is 0.241. The maximum Gasteiger partial charge on any atom is 0.239 e. The van der Waals surface area contributed by atoms with Gasteiger partial charge in [0.2, 0.25) is 5.95 Å². The van der Waals surface area contributed by atoms with Crippen LogP contribution in [0.15, 0.2) is 12.4 Å². The second-order valence-corrected chi connectivity index (χ2v) is 4.81. The monoisotopic (exact) mass is 325 g/mol. The van der Waals surface area contributed by atoms with Crippen LogP contribution in [0.5, 0.6) is 0 Å². The first kappa shape index (κ1) is 18.6. The molecule has 6 heteroatoms. The lowest BCUT2D eigenvalue weighted by Gasteiger charge is -2.19. The van der Waals surface area contributed by atoms with Gasteiger partial charge in [-0.1, -0.05) is 13.8 Å². The molecule has 3 rings (SSSR count). The first-order valence-electron chi connectivity index (χ1n) is 7.62. The highest BCUT2D eigenvalue weighted by Gasteiger charge is 2.25. The van der Waals surface area contributed by atoms with Crippen molar-refractivity contribution in [2.45, 2.75) is 52.4 Å². The molecule has 4 nitrogen and oxygen atoms in total. The maximum atomic E-state index is 13.7. The van der Waals surface area contributed by atoms with E-state index in [1.165, 1.54) is 6.20 Å². The van der Waals surface area contributed by atoms with Gasteiger partial charge in [-0.3, -0.25) is 9.20 Å². The molecule has 0 atom stereocenters. The predicted octanol–water partition coefficient (Wildman–Crippen LogP) is 3.98. The van der Waals surface area contributed by atoms with Crippen molar-refractivity contribution in [2.24, 2.45) is 0 Å². The van der Waals surface area contributed by atoms with E-state index in [0.29, 0.717) is 29.8 Å². The number of hydrogen-bond acceptors (Lipinski definition) is 4. The highest BCUT2D eigenvalue weighted by molar-refractivity contribution is 7.79. The van der Waals surface area contributed by atoms with Gasteiger partial charge in [-0.2, -0.15) is 17.0 Å². The lowest BCUT2D eigenvalue weighted by molar-refractivity contribution is -0.120. The standard InChI is InChI=1S/C13H14FN3O.C2H6.CH4S/c1-8-11-12(14)15-6-7-17(11)13(16-8)9-2-4-10(18)5-3-9;2*1-2/h6-7,9H,2-5H2,1H3;1-2H3;2H,1H3. The molecule has 0 saturated heterocycles. The number of imidazole rings is 1. The van der Waals surface area contributed by atoms with Crippen LogP contribution < -0.4 is 0 Å². The molecule has 1 saturated carbocycles. The predicted molar refractivity (Wildman–Crippen MR) is 90.2 cm³/mol. The first-order chi connectivity index (χ1) is 10.7. The molecular weight excluding hydrogens is 301 g/mol. The Kier molecular flexibility index (Phi) is 7.51. The average molecular weight is 325 g/mol. The summed E-state index contributed by atoms with van der Waals surface area (Å²) in [4.78, 5) is 19.4. The summed E-state index contributed by atoms with van der Waals surface area (Å²) < 4.78 is 15.4. The number of aryl methyl sites for hydroxylation is 1. The van der Waals surface area contributed by atoms with Crippen molar-refractivity contribution < 1.29 is 9.18 Å². The van der Waals surface area contributed by atoms with Gasteiger partial charge >= 0.3 is 0 Å². The molecule has 1 aliphatic rings. The summed E-state index contributed by atoms with van der Waals surface area (Å²) in [5.74, 6) is 0.930. The Hall–Kier alpha value is -1.43. The molecule has 1 aliphatic carbocycles. The van der Waals surface area contributed by atoms with Gasteiger partial charge < -0.3 is 0 Å². The topological polar surface area (TPSA) is 47.3 Å². The van der Waals surface area contributed by atoms with Gasteiger partial charge in [0.15, 0.2) is 0 Å². The van der Waals surface area contributed by atoms with Gasteiger partial charge in [0, 0.05) is 31.2 Å². The molecular formula is C16H24FN3OS. The highest BCUT2D eigenvalue weighted by Crippen LogP contribution is 2.31. The van der Waals surface area contributed by atoms with Crippen LogP contribution in [0.2, 0.25) is 0 Å². The number of carbonyl (C=O) groups excluding carboxylic acids is 1. The van der Waals surface area contributed by atoms with Gasteiger partial charge in [-0.05, 0) is 26.0 Å². The van der Waals surface area contributed by atoms with Gasteiger partial charge in [-0.25, -0.2) is 9.97 Å². The normalized spacial score (nSPS) is 14.9. The third-order valence-corrected chi connectivity index (χ3v) is 3.62. The van der Waals surface area contributed by atoms with Crippen LogP contribution >= 0.6 is 12.6 Å². The van der Waals surface area contributed by atoms with Crippen LogP contribution in [0.1, 0.15) is 57.0 Å². The van der Waals surface area contributed by atoms with Crippen LogP contribution in [0.25, 0.3) is 5.52 Å². The quantitative estimate of drug-likeness (QED) is 0.807. The van der Waals surface area contributed by atoms with Crippen LogP contribution in [0.3, 0.4) is 0 Å². The number of fused-ring (bicyclic) bond motifs is 1. The smallest absolute Gasteiger partial charge is 0.239 e. The van der Waals surface area contributed by atoms with Gasteiger partial charge in [0.05, 0.1) is 5.69 Å². The molecule has 0 spiro atoms. The molecule has 22 heavy (non-hydrogen) atoms. The molecule has 2 aromatic heterocycles. The van der Waals surface area contributed by atoms with E-state index in [1.54, 1.807) is 23.8 Å². The molecule has 122 valence electrons. The van der Waals surface area contributed by atoms with Crippen molar-refractivity contribution in [3.05, 3.63) is 29.9 Å². The van der Waals surface area contributed by atoms with Crippen molar-refractivity contribution in [3.8, 4) is 0 Å². The van der Waals surface area contributed by atoms with E-state index < -0.39 is 5.95 Å². The molecule has 0 aliphatic heterocycles. The zero-order valence-electron chi connectivity index (χ0n) is 13.6. The van der Waals surface area contributed by atoms with E-state index in [4.69, 9.17) is 0 Å². The minimum atomic E-state index is -0.486. The van der Waals surface area contributed by atoms with Crippen molar-refractivity contribution in [3.63, 3.8) is 0 Å². The Morgan fingerprint density at radius 2 is 1.86 bits per heavy atom. The van der Waals surface area contributed by atoms with Crippen LogP contribution in [-0.2, 0) is 4.79 Å². The van der Waals surface area contributed by atoms with Gasteiger partial charge in [0.1, 0.15) is 17.1 Å². The largest absolute Gasteiger partial charge is 0.300 e. The molecule has 2 heterocycles. The summed E-state index contributed by atoms with van der Waals surface area (Å²) in [6.45, 7) is 5.79. The van der Waals surface area contributed by atoms with Crippen molar-refractivity contribution in [1.29, 1.82) is 0 Å². The first-order valence-corrected chi connectivity index (χ1v) is 8.51. The number of ketones is 1. The molecule has 0 amide bonds. The highest BCUT2D eigenvalue weighted by atomic mass is 32.1. The molecule has 0 aromatic carbocycles. The fourth-order valence-electron chi connectivity index (χ4n) is 2.68. The number of thiol groups is 1. The molecule has 2 aromatic rings. The van der Waals surface area contributed by atoms with E-state index in [0.717, 1.165) is 18.7 Å². The Morgan fingerprint density at radius 3 is 2.45 bits per heavy atom. The summed E-state index contributed by atoms with van der Waals surface area (Å²) in [7, 11) is 0. The lowest BCUT2D eigenvalue weighted by Crippen LogP contribution is -2.14. The fourth-order valence-corrected chi connectivity index (χ4v) is 2.68. The van der Waals surface area contributed by atoms with E-state index in [2.05, 4.69) is 22.6 Å². The van der Waals surface area contributed by atoms with E-state index >= 15 is 0 Å². The van der Waals surface area contributed by atoms with Gasteiger partial charge in [-0.15, -0.1) is 0 Å². The number of carbonyl (C=O) groups is 1. The summed E-state index contributed by atoms with van der Waals surface area (Å²) in [5.41, 5.74) is 1.11. The van der Waals surface area contributed by atoms with Crippen molar-refractivity contribution in [2.75, 3.05) is 6.26 Å². The summed E-state index contributed by atoms with van der Waals surface area (Å²) in [5, 5.41) is 0. The lowest BCUT2D eigenvalue weighted by atomic mass is 9.88. The zero-order chi connectivity index (χ0) is 16.7. The number of aromatic nitrogens is 3. The summed E-state index contributed by atoms with van der Waals surface area (Å²) >= 11 is 3.53. The zero-order valence-corrected chi connectivity index (χ0v) is 14.5. The third kappa shape index (κ3) is 3.85. The van der Waals surface area contributed by atoms with Crippen LogP contribution in [0, 0.1) is 12.9 Å². The number of hydrogen-bond donors (Lipinski definition) is 1. The second-order valence-electron chi connectivity index (χ2n) is 4.81. The van der Waals surface area contributed by atoms with Crippen molar-refractivity contribution in [1.82, 2.24) is 14.4 Å². The Bertz CT molecular complexity index is 617. The van der Waals surface area contributed by atoms with Crippen molar-refractivity contribution >= 4 is 23.9 Å². The molecule has 0 N–H and O–H groups in total.